The Balaban J connectivity index is 0.000000810. The maximum atomic E-state index is 4.05. The van der Waals surface area contributed by atoms with Gasteiger partial charge in [-0.3, -0.25) is 0 Å². The molecule has 0 saturated carbocycles. The first-order valence-corrected chi connectivity index (χ1v) is 3.13. The van der Waals surface area contributed by atoms with Crippen LogP contribution in [-0.2, 0) is 21.1 Å². The molecular formula is C8H10NW+. The average molecular weight is 304 g/mol. The third-order valence-corrected chi connectivity index (χ3v) is 1.22. The zero-order valence-electron chi connectivity index (χ0n) is 6.16. The minimum absolute atomic E-state index is 0. The molecule has 0 atom stereocenters. The molecule has 0 radical (unpaired) electrons. The number of rotatable bonds is 1. The molecule has 0 N–H and O–H groups in total. The van der Waals surface area contributed by atoms with E-state index in [1.54, 1.807) is 0 Å². The molecule has 0 amide bonds. The third kappa shape index (κ3) is 2.62. The molecule has 1 rings (SSSR count). The average Bonchev–Trinajstić information content (AvgIpc) is 1.90. The van der Waals surface area contributed by atoms with Crippen molar-refractivity contribution in [2.45, 2.75) is 19.8 Å². The molecule has 0 fully saturated rings. The van der Waals surface area contributed by atoms with Crippen LogP contribution in [0.3, 0.4) is 0 Å². The SMILES string of the molecule is CC(C)c1ccc[c-]n1.[W+2]. The Morgan fingerprint density at radius 3 is 2.50 bits per heavy atom. The van der Waals surface area contributed by atoms with Crippen molar-refractivity contribution in [3.8, 4) is 0 Å². The van der Waals surface area contributed by atoms with Crippen molar-refractivity contribution in [3.63, 3.8) is 0 Å². The van der Waals surface area contributed by atoms with Crippen LogP contribution in [0.1, 0.15) is 25.5 Å². The van der Waals surface area contributed by atoms with E-state index in [2.05, 4.69) is 25.0 Å². The summed E-state index contributed by atoms with van der Waals surface area (Å²) in [4.78, 5) is 4.05. The molecule has 0 unspecified atom stereocenters. The second-order valence-corrected chi connectivity index (χ2v) is 2.35. The van der Waals surface area contributed by atoms with Gasteiger partial charge in [-0.1, -0.05) is 31.7 Å². The second-order valence-electron chi connectivity index (χ2n) is 2.35. The summed E-state index contributed by atoms with van der Waals surface area (Å²) in [6, 6.07) is 5.79. The van der Waals surface area contributed by atoms with Crippen LogP contribution < -0.4 is 0 Å². The van der Waals surface area contributed by atoms with Gasteiger partial charge in [-0.15, -0.1) is 0 Å². The number of hydrogen-bond acceptors (Lipinski definition) is 1. The molecule has 1 aromatic heterocycles. The Kier molecular flexibility index (Phi) is 4.55. The van der Waals surface area contributed by atoms with Crippen LogP contribution in [0.5, 0.6) is 0 Å². The molecule has 0 aliphatic carbocycles. The van der Waals surface area contributed by atoms with Crippen molar-refractivity contribution in [2.24, 2.45) is 0 Å². The Hall–Kier alpha value is -0.162. The molecular weight excluding hydrogens is 294 g/mol. The third-order valence-electron chi connectivity index (χ3n) is 1.22. The van der Waals surface area contributed by atoms with Gasteiger partial charge in [0.05, 0.1) is 0 Å². The van der Waals surface area contributed by atoms with E-state index in [9.17, 15) is 0 Å². The molecule has 0 aliphatic rings. The van der Waals surface area contributed by atoms with E-state index in [-0.39, 0.29) is 21.1 Å². The number of nitrogens with zero attached hydrogens (tertiary/aromatic N) is 1. The summed E-state index contributed by atoms with van der Waals surface area (Å²) >= 11 is 0. The monoisotopic (exact) mass is 304 g/mol. The maximum absolute atomic E-state index is 4.05. The standard InChI is InChI=1S/C8H10N.W/c1-7(2)8-5-3-4-6-9-8;/h3-5,7H,1-2H3;/q-1;+2. The van der Waals surface area contributed by atoms with Gasteiger partial charge in [-0.2, -0.15) is 18.2 Å². The molecule has 1 aromatic rings. The van der Waals surface area contributed by atoms with E-state index in [4.69, 9.17) is 0 Å². The fraction of sp³-hybridized carbons (Fsp3) is 0.375. The van der Waals surface area contributed by atoms with Gasteiger partial charge in [0.25, 0.3) is 0 Å². The molecule has 1 heterocycles. The number of aromatic nitrogens is 1. The summed E-state index contributed by atoms with van der Waals surface area (Å²) in [7, 11) is 0. The molecule has 0 spiro atoms. The fourth-order valence-corrected chi connectivity index (χ4v) is 0.660. The van der Waals surface area contributed by atoms with Gasteiger partial charge in [0.2, 0.25) is 0 Å². The van der Waals surface area contributed by atoms with Gasteiger partial charge >= 0.3 is 21.1 Å². The summed E-state index contributed by atoms with van der Waals surface area (Å²) in [5.41, 5.74) is 1.11. The summed E-state index contributed by atoms with van der Waals surface area (Å²) in [6.07, 6.45) is 2.79. The van der Waals surface area contributed by atoms with Crippen LogP contribution >= 0.6 is 0 Å². The van der Waals surface area contributed by atoms with Crippen molar-refractivity contribution < 1.29 is 21.1 Å². The van der Waals surface area contributed by atoms with Crippen LogP contribution in [0.15, 0.2) is 18.2 Å². The van der Waals surface area contributed by atoms with Crippen LogP contribution in [0.2, 0.25) is 0 Å². The van der Waals surface area contributed by atoms with Crippen molar-refractivity contribution in [2.75, 3.05) is 0 Å². The maximum Gasteiger partial charge on any atom is 2.00 e. The largest absolute Gasteiger partial charge is 2.00 e. The minimum Gasteiger partial charge on any atom is -0.391 e. The Bertz CT molecular complexity index is 172. The van der Waals surface area contributed by atoms with Crippen molar-refractivity contribution in [3.05, 3.63) is 30.1 Å². The van der Waals surface area contributed by atoms with Crippen LogP contribution in [0, 0.1) is 6.20 Å². The van der Waals surface area contributed by atoms with Crippen LogP contribution in [0.25, 0.3) is 0 Å². The van der Waals surface area contributed by atoms with Crippen molar-refractivity contribution >= 4 is 0 Å². The Morgan fingerprint density at radius 1 is 1.50 bits per heavy atom. The van der Waals surface area contributed by atoms with Gasteiger partial charge in [-0.25, -0.2) is 0 Å². The van der Waals surface area contributed by atoms with Crippen LogP contribution in [-0.4, -0.2) is 4.98 Å². The van der Waals surface area contributed by atoms with Gasteiger partial charge in [0.1, 0.15) is 0 Å². The van der Waals surface area contributed by atoms with E-state index in [0.29, 0.717) is 5.92 Å². The normalized spacial score (nSPS) is 9.10. The van der Waals surface area contributed by atoms with Gasteiger partial charge < -0.3 is 4.98 Å². The van der Waals surface area contributed by atoms with E-state index >= 15 is 0 Å². The summed E-state index contributed by atoms with van der Waals surface area (Å²) in [5, 5.41) is 0. The molecule has 0 bridgehead atoms. The van der Waals surface area contributed by atoms with Gasteiger partial charge in [0.15, 0.2) is 0 Å². The first-order chi connectivity index (χ1) is 4.30. The topological polar surface area (TPSA) is 12.9 Å². The van der Waals surface area contributed by atoms with Crippen molar-refractivity contribution in [1.29, 1.82) is 0 Å². The molecule has 0 saturated heterocycles. The zero-order chi connectivity index (χ0) is 6.69. The molecule has 10 heavy (non-hydrogen) atoms. The fourth-order valence-electron chi connectivity index (χ4n) is 0.660. The quantitative estimate of drug-likeness (QED) is 0.723. The zero-order valence-corrected chi connectivity index (χ0v) is 9.10. The molecule has 0 aliphatic heterocycles. The predicted octanol–water partition coefficient (Wildman–Crippen LogP) is 2.00. The van der Waals surface area contributed by atoms with Crippen LogP contribution in [0.4, 0.5) is 0 Å². The Labute approximate surface area is 76.1 Å². The summed E-state index contributed by atoms with van der Waals surface area (Å²) in [5.74, 6) is 0.516. The molecule has 2 heteroatoms. The molecule has 0 aromatic carbocycles. The van der Waals surface area contributed by atoms with E-state index in [1.807, 2.05) is 18.2 Å². The number of pyridine rings is 1. The van der Waals surface area contributed by atoms with Gasteiger partial charge in [0, 0.05) is 0 Å². The minimum atomic E-state index is 0. The first kappa shape index (κ1) is 9.84. The molecule has 52 valence electrons. The summed E-state index contributed by atoms with van der Waals surface area (Å²) < 4.78 is 0. The Morgan fingerprint density at radius 2 is 2.20 bits per heavy atom. The predicted molar refractivity (Wildman–Crippen MR) is 37.2 cm³/mol. The van der Waals surface area contributed by atoms with E-state index in [1.165, 1.54) is 0 Å². The molecule has 1 nitrogen and oxygen atoms in total. The smallest absolute Gasteiger partial charge is 0.391 e. The second kappa shape index (κ2) is 4.62. The van der Waals surface area contributed by atoms with Gasteiger partial charge in [-0.05, 0) is 0 Å². The van der Waals surface area contributed by atoms with E-state index < -0.39 is 0 Å². The first-order valence-electron chi connectivity index (χ1n) is 3.13. The summed E-state index contributed by atoms with van der Waals surface area (Å²) in [6.45, 7) is 4.24. The van der Waals surface area contributed by atoms with Crippen molar-refractivity contribution in [1.82, 2.24) is 4.98 Å². The van der Waals surface area contributed by atoms with E-state index in [0.717, 1.165) is 5.69 Å². The number of hydrogen-bond donors (Lipinski definition) is 0.